The van der Waals surface area contributed by atoms with Gasteiger partial charge in [0, 0.05) is 14.5 Å². The van der Waals surface area contributed by atoms with Crippen LogP contribution in [0.5, 0.6) is 0 Å². The monoisotopic (exact) mass is 482 g/mol. The zero-order valence-corrected chi connectivity index (χ0v) is 21.5. The Morgan fingerprint density at radius 2 is 1.80 bits per heavy atom. The number of ether oxygens (including phenoxy) is 2. The number of aryl methyl sites for hydroxylation is 1. The standard InChI is InChI=1S/C25H30N4O4.C2H6.H2/c1-17-10-11-19-20(14-17)27-22(26-19)21-15-28(23(30)33-25(2,3)4)12-13-29(21)24(31)32-16-18-8-6-5-7-9-18;1-2;/h5-11,14,21H,12-13,15-16H2,1-4H3,(H,26,27);1-2H3;1H/t21-;;/m0../s1. The number of benzene rings is 2. The van der Waals surface area contributed by atoms with Crippen LogP contribution in [0.3, 0.4) is 0 Å². The lowest BCUT2D eigenvalue weighted by atomic mass is 10.1. The van der Waals surface area contributed by atoms with Crippen molar-refractivity contribution in [1.82, 2.24) is 19.8 Å². The number of hydrogen-bond donors (Lipinski definition) is 1. The van der Waals surface area contributed by atoms with Crippen LogP contribution in [-0.2, 0) is 16.1 Å². The van der Waals surface area contributed by atoms with E-state index in [4.69, 9.17) is 14.5 Å². The Bertz CT molecular complexity index is 1140. The molecule has 1 aromatic heterocycles. The van der Waals surface area contributed by atoms with E-state index >= 15 is 0 Å². The molecule has 1 aliphatic rings. The summed E-state index contributed by atoms with van der Waals surface area (Å²) in [5.74, 6) is 0.612. The van der Waals surface area contributed by atoms with Gasteiger partial charge in [0.15, 0.2) is 0 Å². The number of hydrogen-bond acceptors (Lipinski definition) is 5. The van der Waals surface area contributed by atoms with Crippen molar-refractivity contribution in [3.05, 3.63) is 65.5 Å². The fourth-order valence-electron chi connectivity index (χ4n) is 3.83. The molecule has 4 rings (SSSR count). The van der Waals surface area contributed by atoms with Gasteiger partial charge in [0.05, 0.1) is 17.6 Å². The summed E-state index contributed by atoms with van der Waals surface area (Å²) in [5.41, 5.74) is 3.11. The Morgan fingerprint density at radius 3 is 2.49 bits per heavy atom. The van der Waals surface area contributed by atoms with E-state index in [0.717, 1.165) is 22.2 Å². The Balaban J connectivity index is 0.00000148. The molecule has 2 aromatic carbocycles. The number of carbonyl (C=O) groups excluding carboxylic acids is 2. The van der Waals surface area contributed by atoms with E-state index in [-0.39, 0.29) is 14.6 Å². The van der Waals surface area contributed by atoms with Crippen molar-refractivity contribution in [2.75, 3.05) is 19.6 Å². The topological polar surface area (TPSA) is 87.8 Å². The van der Waals surface area contributed by atoms with Gasteiger partial charge in [0.2, 0.25) is 0 Å². The minimum Gasteiger partial charge on any atom is -0.445 e. The van der Waals surface area contributed by atoms with E-state index in [1.54, 1.807) is 9.80 Å². The van der Waals surface area contributed by atoms with E-state index in [2.05, 4.69) is 4.98 Å². The largest absolute Gasteiger partial charge is 0.445 e. The molecule has 1 N–H and O–H groups in total. The van der Waals surface area contributed by atoms with E-state index in [1.165, 1.54) is 0 Å². The number of aromatic amines is 1. The highest BCUT2D eigenvalue weighted by Crippen LogP contribution is 2.28. The minimum atomic E-state index is -0.602. The number of carbonyl (C=O) groups is 2. The third-order valence-corrected chi connectivity index (χ3v) is 5.44. The fourth-order valence-corrected chi connectivity index (χ4v) is 3.83. The van der Waals surface area contributed by atoms with Crippen molar-refractivity contribution in [3.63, 3.8) is 0 Å². The number of amides is 2. The second-order valence-corrected chi connectivity index (χ2v) is 9.32. The van der Waals surface area contributed by atoms with Crippen LogP contribution >= 0.6 is 0 Å². The van der Waals surface area contributed by atoms with Gasteiger partial charge in [-0.3, -0.25) is 4.90 Å². The van der Waals surface area contributed by atoms with Gasteiger partial charge in [0.1, 0.15) is 24.1 Å². The average Bonchev–Trinajstić information content (AvgIpc) is 3.26. The smallest absolute Gasteiger partial charge is 0.410 e. The Kier molecular flexibility index (Phi) is 8.38. The van der Waals surface area contributed by atoms with Gasteiger partial charge in [-0.25, -0.2) is 14.6 Å². The number of imidazole rings is 1. The Morgan fingerprint density at radius 1 is 1.09 bits per heavy atom. The third kappa shape index (κ3) is 6.74. The molecule has 35 heavy (non-hydrogen) atoms. The molecule has 1 fully saturated rings. The van der Waals surface area contributed by atoms with Crippen LogP contribution in [0.15, 0.2) is 48.5 Å². The lowest BCUT2D eigenvalue weighted by Gasteiger charge is -2.40. The molecule has 0 spiro atoms. The molecular formula is C27H38N4O4. The first-order chi connectivity index (χ1) is 16.7. The van der Waals surface area contributed by atoms with E-state index in [0.29, 0.717) is 18.9 Å². The van der Waals surface area contributed by atoms with Crippen molar-refractivity contribution < 1.29 is 20.5 Å². The number of fused-ring (bicyclic) bond motifs is 1. The van der Waals surface area contributed by atoms with Crippen molar-refractivity contribution in [1.29, 1.82) is 0 Å². The predicted molar refractivity (Wildman–Crippen MR) is 138 cm³/mol. The summed E-state index contributed by atoms with van der Waals surface area (Å²) in [5, 5.41) is 0. The second-order valence-electron chi connectivity index (χ2n) is 9.32. The van der Waals surface area contributed by atoms with Gasteiger partial charge >= 0.3 is 12.2 Å². The van der Waals surface area contributed by atoms with Crippen LogP contribution < -0.4 is 0 Å². The van der Waals surface area contributed by atoms with Crippen LogP contribution in [0.2, 0.25) is 0 Å². The minimum absolute atomic E-state index is 0. The molecule has 0 aliphatic carbocycles. The molecule has 190 valence electrons. The van der Waals surface area contributed by atoms with Gasteiger partial charge in [-0.2, -0.15) is 0 Å². The first kappa shape index (κ1) is 26.1. The van der Waals surface area contributed by atoms with Crippen molar-refractivity contribution in [2.24, 2.45) is 0 Å². The molecule has 8 heteroatoms. The summed E-state index contributed by atoms with van der Waals surface area (Å²) in [6, 6.07) is 15.0. The van der Waals surface area contributed by atoms with Gasteiger partial charge in [-0.1, -0.05) is 50.2 Å². The molecule has 0 saturated carbocycles. The number of nitrogens with zero attached hydrogens (tertiary/aromatic N) is 3. The molecule has 2 heterocycles. The maximum absolute atomic E-state index is 13.1. The molecule has 2 amide bonds. The van der Waals surface area contributed by atoms with Crippen LogP contribution in [-0.4, -0.2) is 57.2 Å². The van der Waals surface area contributed by atoms with Gasteiger partial charge in [0.25, 0.3) is 0 Å². The van der Waals surface area contributed by atoms with E-state index in [9.17, 15) is 9.59 Å². The fraction of sp³-hybridized carbons (Fsp3) is 0.444. The van der Waals surface area contributed by atoms with Crippen LogP contribution in [0.1, 0.15) is 59.0 Å². The number of piperazine rings is 1. The van der Waals surface area contributed by atoms with Crippen LogP contribution in [0, 0.1) is 6.92 Å². The summed E-state index contributed by atoms with van der Waals surface area (Å²) in [6.07, 6.45) is -0.846. The molecule has 1 saturated heterocycles. The molecular weight excluding hydrogens is 444 g/mol. The van der Waals surface area contributed by atoms with E-state index in [1.807, 2.05) is 90.1 Å². The Labute approximate surface area is 208 Å². The normalized spacial score (nSPS) is 15.9. The molecule has 0 radical (unpaired) electrons. The zero-order chi connectivity index (χ0) is 25.6. The predicted octanol–water partition coefficient (Wildman–Crippen LogP) is 6.07. The van der Waals surface area contributed by atoms with E-state index < -0.39 is 23.8 Å². The number of aromatic nitrogens is 2. The molecule has 3 aromatic rings. The van der Waals surface area contributed by atoms with Gasteiger partial charge < -0.3 is 19.4 Å². The summed E-state index contributed by atoms with van der Waals surface area (Å²) in [7, 11) is 0. The average molecular weight is 483 g/mol. The van der Waals surface area contributed by atoms with Gasteiger partial charge in [-0.15, -0.1) is 0 Å². The Hall–Kier alpha value is -3.55. The quantitative estimate of drug-likeness (QED) is 0.489. The maximum Gasteiger partial charge on any atom is 0.410 e. The van der Waals surface area contributed by atoms with Crippen molar-refractivity contribution >= 4 is 23.2 Å². The number of H-pyrrole nitrogens is 1. The third-order valence-electron chi connectivity index (χ3n) is 5.44. The van der Waals surface area contributed by atoms with Gasteiger partial charge in [-0.05, 0) is 51.0 Å². The summed E-state index contributed by atoms with van der Waals surface area (Å²) in [6.45, 7) is 12.6. The first-order valence-electron chi connectivity index (χ1n) is 12.1. The SMILES string of the molecule is CC.Cc1ccc2nc([C@@H]3CN(C(=O)OC(C)(C)C)CCN3C(=O)OCc3ccccc3)[nH]c2c1.[HH]. The maximum atomic E-state index is 13.1. The zero-order valence-electron chi connectivity index (χ0n) is 21.5. The van der Waals surface area contributed by atoms with Crippen LogP contribution in [0.4, 0.5) is 9.59 Å². The number of nitrogens with one attached hydrogen (secondary N) is 1. The highest BCUT2D eigenvalue weighted by Gasteiger charge is 2.37. The van der Waals surface area contributed by atoms with Crippen molar-refractivity contribution in [2.45, 2.75) is 59.8 Å². The second kappa shape index (κ2) is 11.3. The van der Waals surface area contributed by atoms with Crippen molar-refractivity contribution in [3.8, 4) is 0 Å². The molecule has 0 unspecified atom stereocenters. The summed E-state index contributed by atoms with van der Waals surface area (Å²) < 4.78 is 11.2. The molecule has 1 aliphatic heterocycles. The lowest BCUT2D eigenvalue weighted by molar-refractivity contribution is -0.0000949. The first-order valence-corrected chi connectivity index (χ1v) is 12.1. The molecule has 0 bridgehead atoms. The summed E-state index contributed by atoms with van der Waals surface area (Å²) in [4.78, 5) is 37.1. The summed E-state index contributed by atoms with van der Waals surface area (Å²) >= 11 is 0. The highest BCUT2D eigenvalue weighted by atomic mass is 16.6. The lowest BCUT2D eigenvalue weighted by Crippen LogP contribution is -2.53. The molecule has 1 atom stereocenters. The number of rotatable bonds is 3. The van der Waals surface area contributed by atoms with Crippen LogP contribution in [0.25, 0.3) is 11.0 Å². The highest BCUT2D eigenvalue weighted by molar-refractivity contribution is 5.76. The molecule has 8 nitrogen and oxygen atoms in total.